The molecule has 1 atom stereocenters. The summed E-state index contributed by atoms with van der Waals surface area (Å²) >= 11 is 0. The van der Waals surface area contributed by atoms with Gasteiger partial charge in [0.05, 0.1) is 17.9 Å². The molecule has 0 bridgehead atoms. The molecule has 0 aromatic carbocycles. The number of aromatic carboxylic acids is 1. The molecule has 0 aliphatic heterocycles. The maximum atomic E-state index is 12.8. The lowest BCUT2D eigenvalue weighted by Crippen LogP contribution is -2.30. The van der Waals surface area contributed by atoms with Crippen LogP contribution in [0.25, 0.3) is 11.7 Å². The lowest BCUT2D eigenvalue weighted by Gasteiger charge is -2.28. The molecule has 0 aliphatic rings. The van der Waals surface area contributed by atoms with Crippen LogP contribution in [0.3, 0.4) is 0 Å². The molecule has 0 fully saturated rings. The summed E-state index contributed by atoms with van der Waals surface area (Å²) in [6.45, 7) is 13.5. The molecule has 0 aliphatic carbocycles. The van der Waals surface area contributed by atoms with E-state index in [9.17, 15) is 14.7 Å². The predicted molar refractivity (Wildman–Crippen MR) is 113 cm³/mol. The molecule has 2 aromatic heterocycles. The van der Waals surface area contributed by atoms with Gasteiger partial charge in [0, 0.05) is 17.3 Å². The molecule has 1 unspecified atom stereocenters. The summed E-state index contributed by atoms with van der Waals surface area (Å²) in [6.07, 6.45) is 3.59. The van der Waals surface area contributed by atoms with Gasteiger partial charge in [0.15, 0.2) is 17.4 Å². The SMILES string of the molecule is CCOC(=O)C(OC(C)(C)C)c1c(C)nc2cc(C(=O)O)nn2c1C=CCC(C)C. The molecule has 2 aromatic rings. The first-order valence-electron chi connectivity index (χ1n) is 10.1. The molecule has 0 radical (unpaired) electrons. The summed E-state index contributed by atoms with van der Waals surface area (Å²) in [7, 11) is 0. The first kappa shape index (κ1) is 23.5. The van der Waals surface area contributed by atoms with Crippen molar-refractivity contribution in [2.75, 3.05) is 6.61 Å². The van der Waals surface area contributed by atoms with Gasteiger partial charge in [0.1, 0.15) is 0 Å². The van der Waals surface area contributed by atoms with E-state index in [1.54, 1.807) is 13.8 Å². The number of aryl methyl sites for hydroxylation is 1. The Kier molecular flexibility index (Phi) is 7.36. The molecule has 0 amide bonds. The van der Waals surface area contributed by atoms with Gasteiger partial charge in [0.25, 0.3) is 0 Å². The third-order valence-electron chi connectivity index (χ3n) is 4.20. The van der Waals surface area contributed by atoms with E-state index in [1.807, 2.05) is 32.9 Å². The molecule has 30 heavy (non-hydrogen) atoms. The molecule has 2 rings (SSSR count). The number of carbonyl (C=O) groups excluding carboxylic acids is 1. The third-order valence-corrected chi connectivity index (χ3v) is 4.20. The van der Waals surface area contributed by atoms with Gasteiger partial charge in [0.2, 0.25) is 0 Å². The Bertz CT molecular complexity index is 954. The molecule has 164 valence electrons. The van der Waals surface area contributed by atoms with Crippen LogP contribution in [0.4, 0.5) is 0 Å². The number of aromatic nitrogens is 3. The Morgan fingerprint density at radius 1 is 1.30 bits per heavy atom. The van der Waals surface area contributed by atoms with Crippen LogP contribution in [0.1, 0.15) is 81.5 Å². The Labute approximate surface area is 176 Å². The van der Waals surface area contributed by atoms with Crippen LogP contribution in [-0.2, 0) is 14.3 Å². The largest absolute Gasteiger partial charge is 0.476 e. The van der Waals surface area contributed by atoms with E-state index in [1.165, 1.54) is 10.6 Å². The zero-order valence-corrected chi connectivity index (χ0v) is 18.7. The summed E-state index contributed by atoms with van der Waals surface area (Å²) in [6, 6.07) is 1.41. The fraction of sp³-hybridized carbons (Fsp3) is 0.545. The second-order valence-corrected chi connectivity index (χ2v) is 8.50. The molecule has 8 heteroatoms. The van der Waals surface area contributed by atoms with Crippen molar-refractivity contribution in [1.82, 2.24) is 14.6 Å². The van der Waals surface area contributed by atoms with Crippen molar-refractivity contribution in [1.29, 1.82) is 0 Å². The second kappa shape index (κ2) is 9.38. The number of esters is 1. The Hall–Kier alpha value is -2.74. The summed E-state index contributed by atoms with van der Waals surface area (Å²) in [5.74, 6) is -1.24. The maximum Gasteiger partial charge on any atom is 0.356 e. The first-order valence-corrected chi connectivity index (χ1v) is 10.1. The number of nitrogens with zero attached hydrogens (tertiary/aromatic N) is 3. The van der Waals surface area contributed by atoms with Crippen LogP contribution in [0.15, 0.2) is 12.1 Å². The number of carboxylic acid groups (broad SMARTS) is 1. The predicted octanol–water partition coefficient (Wildman–Crippen LogP) is 4.21. The van der Waals surface area contributed by atoms with Crippen LogP contribution in [-0.4, -0.2) is 43.9 Å². The number of fused-ring (bicyclic) bond motifs is 1. The molecule has 1 N–H and O–H groups in total. The van der Waals surface area contributed by atoms with E-state index in [-0.39, 0.29) is 12.3 Å². The summed E-state index contributed by atoms with van der Waals surface area (Å²) < 4.78 is 12.8. The summed E-state index contributed by atoms with van der Waals surface area (Å²) in [4.78, 5) is 28.8. The number of ether oxygens (including phenoxy) is 2. The van der Waals surface area contributed by atoms with Crippen LogP contribution in [0, 0.1) is 12.8 Å². The van der Waals surface area contributed by atoms with Crippen molar-refractivity contribution < 1.29 is 24.2 Å². The maximum absolute atomic E-state index is 12.8. The van der Waals surface area contributed by atoms with E-state index in [0.29, 0.717) is 28.5 Å². The van der Waals surface area contributed by atoms with Crippen molar-refractivity contribution in [3.63, 3.8) is 0 Å². The molecule has 0 spiro atoms. The van der Waals surface area contributed by atoms with Gasteiger partial charge in [-0.15, -0.1) is 0 Å². The Balaban J connectivity index is 2.78. The van der Waals surface area contributed by atoms with Crippen molar-refractivity contribution in [2.24, 2.45) is 5.92 Å². The summed E-state index contributed by atoms with van der Waals surface area (Å²) in [5.41, 5.74) is 1.24. The van der Waals surface area contributed by atoms with Crippen LogP contribution >= 0.6 is 0 Å². The van der Waals surface area contributed by atoms with Crippen LogP contribution in [0.2, 0.25) is 0 Å². The van der Waals surface area contributed by atoms with Gasteiger partial charge in [-0.05, 0) is 53.0 Å². The quantitative estimate of drug-likeness (QED) is 0.642. The van der Waals surface area contributed by atoms with E-state index in [4.69, 9.17) is 9.47 Å². The molecule has 0 saturated heterocycles. The van der Waals surface area contributed by atoms with E-state index >= 15 is 0 Å². The lowest BCUT2D eigenvalue weighted by molar-refractivity contribution is -0.167. The number of carboxylic acids is 1. The van der Waals surface area contributed by atoms with Crippen LogP contribution in [0.5, 0.6) is 0 Å². The van der Waals surface area contributed by atoms with Gasteiger partial charge in [-0.1, -0.05) is 19.9 Å². The van der Waals surface area contributed by atoms with Gasteiger partial charge >= 0.3 is 11.9 Å². The molecule has 2 heterocycles. The highest BCUT2D eigenvalue weighted by Crippen LogP contribution is 2.31. The zero-order valence-electron chi connectivity index (χ0n) is 18.7. The van der Waals surface area contributed by atoms with Gasteiger partial charge in [-0.2, -0.15) is 5.10 Å². The van der Waals surface area contributed by atoms with Crippen molar-refractivity contribution >= 4 is 23.7 Å². The van der Waals surface area contributed by atoms with E-state index < -0.39 is 23.6 Å². The van der Waals surface area contributed by atoms with Crippen molar-refractivity contribution in [3.05, 3.63) is 34.8 Å². The average molecular weight is 418 g/mol. The molecule has 0 saturated carbocycles. The highest BCUT2D eigenvalue weighted by molar-refractivity contribution is 5.87. The van der Waals surface area contributed by atoms with Crippen LogP contribution < -0.4 is 0 Å². The molecule has 8 nitrogen and oxygen atoms in total. The fourth-order valence-electron chi connectivity index (χ4n) is 3.00. The highest BCUT2D eigenvalue weighted by atomic mass is 16.6. The van der Waals surface area contributed by atoms with Gasteiger partial charge < -0.3 is 14.6 Å². The minimum Gasteiger partial charge on any atom is -0.476 e. The topological polar surface area (TPSA) is 103 Å². The van der Waals surface area contributed by atoms with Gasteiger partial charge in [-0.25, -0.2) is 19.1 Å². The normalized spacial score (nSPS) is 13.3. The Morgan fingerprint density at radius 3 is 2.50 bits per heavy atom. The average Bonchev–Trinajstić information content (AvgIpc) is 3.03. The minimum atomic E-state index is -1.15. The highest BCUT2D eigenvalue weighted by Gasteiger charge is 2.33. The lowest BCUT2D eigenvalue weighted by atomic mass is 10.0. The third kappa shape index (κ3) is 5.66. The van der Waals surface area contributed by atoms with E-state index in [0.717, 1.165) is 6.42 Å². The standard InChI is InChI=1S/C22H31N3O5/c1-8-29-21(28)19(30-22(5,6)7)18-14(4)23-17-12-15(20(26)27)24-25(17)16(18)11-9-10-13(2)3/h9,11-13,19H,8,10H2,1-7H3,(H,26,27). The van der Waals surface area contributed by atoms with Crippen molar-refractivity contribution in [2.45, 2.75) is 66.6 Å². The van der Waals surface area contributed by atoms with E-state index in [2.05, 4.69) is 23.9 Å². The number of rotatable bonds is 8. The molecular weight excluding hydrogens is 386 g/mol. The second-order valence-electron chi connectivity index (χ2n) is 8.50. The number of allylic oxidation sites excluding steroid dienone is 1. The first-order chi connectivity index (χ1) is 13.9. The number of hydrogen-bond acceptors (Lipinski definition) is 6. The molecular formula is C22H31N3O5. The Morgan fingerprint density at radius 2 is 1.97 bits per heavy atom. The monoisotopic (exact) mass is 417 g/mol. The fourth-order valence-corrected chi connectivity index (χ4v) is 3.00. The minimum absolute atomic E-state index is 0.123. The number of hydrogen-bond donors (Lipinski definition) is 1. The van der Waals surface area contributed by atoms with Gasteiger partial charge in [-0.3, -0.25) is 0 Å². The smallest absolute Gasteiger partial charge is 0.356 e. The number of carbonyl (C=O) groups is 2. The van der Waals surface area contributed by atoms with Crippen molar-refractivity contribution in [3.8, 4) is 0 Å². The summed E-state index contributed by atoms with van der Waals surface area (Å²) in [5, 5.41) is 13.6. The zero-order chi connectivity index (χ0) is 22.6.